The van der Waals surface area contributed by atoms with E-state index in [2.05, 4.69) is 5.32 Å². The molecule has 0 aromatic carbocycles. The molecule has 106 valence electrons. The molecule has 0 aliphatic carbocycles. The van der Waals surface area contributed by atoms with Crippen molar-refractivity contribution in [2.45, 2.75) is 33.2 Å². The predicted molar refractivity (Wildman–Crippen MR) is 72.2 cm³/mol. The topological polar surface area (TPSA) is 66.5 Å². The van der Waals surface area contributed by atoms with Crippen LogP contribution in [0.1, 0.15) is 27.2 Å². The molecule has 1 amide bonds. The zero-order valence-electron chi connectivity index (χ0n) is 11.5. The first-order valence-electron chi connectivity index (χ1n) is 6.52. The molecule has 0 unspecified atom stereocenters. The highest BCUT2D eigenvalue weighted by molar-refractivity contribution is 7.91. The summed E-state index contributed by atoms with van der Waals surface area (Å²) < 4.78 is 23.5. The number of hydrogen-bond acceptors (Lipinski definition) is 4. The first-order chi connectivity index (χ1) is 8.32. The Morgan fingerprint density at radius 2 is 2.11 bits per heavy atom. The van der Waals surface area contributed by atoms with Crippen LogP contribution in [0.15, 0.2) is 0 Å². The SMILES string of the molecule is CC(C)CS(=O)(=O)CCC(=O)N1CCNC[C@@H]1C. The van der Waals surface area contributed by atoms with E-state index >= 15 is 0 Å². The summed E-state index contributed by atoms with van der Waals surface area (Å²) in [6.07, 6.45) is 0.111. The van der Waals surface area contributed by atoms with Crippen molar-refractivity contribution in [3.05, 3.63) is 0 Å². The van der Waals surface area contributed by atoms with E-state index < -0.39 is 9.84 Å². The normalized spacial score (nSPS) is 21.3. The Kier molecular flexibility index (Phi) is 5.59. The van der Waals surface area contributed by atoms with Gasteiger partial charge in [0.2, 0.25) is 5.91 Å². The van der Waals surface area contributed by atoms with Crippen molar-refractivity contribution in [1.82, 2.24) is 10.2 Å². The van der Waals surface area contributed by atoms with Gasteiger partial charge in [0, 0.05) is 32.1 Å². The number of hydrogen-bond donors (Lipinski definition) is 1. The number of piperazine rings is 1. The third-order valence-electron chi connectivity index (χ3n) is 3.04. The molecule has 1 N–H and O–H groups in total. The highest BCUT2D eigenvalue weighted by Gasteiger charge is 2.24. The van der Waals surface area contributed by atoms with Gasteiger partial charge in [0.15, 0.2) is 9.84 Å². The molecule has 0 aromatic heterocycles. The minimum absolute atomic E-state index is 0.0271. The smallest absolute Gasteiger partial charge is 0.223 e. The van der Waals surface area contributed by atoms with Crippen LogP contribution in [0.2, 0.25) is 0 Å². The fraction of sp³-hybridized carbons (Fsp3) is 0.917. The zero-order valence-corrected chi connectivity index (χ0v) is 12.3. The van der Waals surface area contributed by atoms with E-state index in [9.17, 15) is 13.2 Å². The van der Waals surface area contributed by atoms with Crippen molar-refractivity contribution >= 4 is 15.7 Å². The number of carbonyl (C=O) groups is 1. The molecular formula is C12H24N2O3S. The molecule has 1 rings (SSSR count). The Labute approximate surface area is 110 Å². The molecule has 1 saturated heterocycles. The zero-order chi connectivity index (χ0) is 13.8. The number of nitrogens with one attached hydrogen (secondary N) is 1. The number of rotatable bonds is 5. The van der Waals surface area contributed by atoms with Gasteiger partial charge in [-0.25, -0.2) is 8.42 Å². The van der Waals surface area contributed by atoms with Crippen LogP contribution in [0.4, 0.5) is 0 Å². The van der Waals surface area contributed by atoms with Crippen LogP contribution in [0.3, 0.4) is 0 Å². The summed E-state index contributed by atoms with van der Waals surface area (Å²) in [7, 11) is -3.10. The number of nitrogens with zero attached hydrogens (tertiary/aromatic N) is 1. The van der Waals surface area contributed by atoms with Crippen LogP contribution in [0, 0.1) is 5.92 Å². The van der Waals surface area contributed by atoms with Gasteiger partial charge in [0.25, 0.3) is 0 Å². The van der Waals surface area contributed by atoms with Crippen molar-refractivity contribution < 1.29 is 13.2 Å². The van der Waals surface area contributed by atoms with Gasteiger partial charge in [-0.1, -0.05) is 13.8 Å². The van der Waals surface area contributed by atoms with Crippen LogP contribution in [0.5, 0.6) is 0 Å². The number of carbonyl (C=O) groups excluding carboxylic acids is 1. The summed E-state index contributed by atoms with van der Waals surface area (Å²) in [4.78, 5) is 13.8. The first-order valence-corrected chi connectivity index (χ1v) is 8.34. The molecular weight excluding hydrogens is 252 g/mol. The van der Waals surface area contributed by atoms with Gasteiger partial charge in [-0.15, -0.1) is 0 Å². The summed E-state index contributed by atoms with van der Waals surface area (Å²) >= 11 is 0. The summed E-state index contributed by atoms with van der Waals surface area (Å²) in [5.74, 6) is 0.206. The fourth-order valence-electron chi connectivity index (χ4n) is 2.19. The van der Waals surface area contributed by atoms with E-state index in [1.54, 1.807) is 4.90 Å². The second-order valence-electron chi connectivity index (χ2n) is 5.40. The van der Waals surface area contributed by atoms with Crippen molar-refractivity contribution in [3.8, 4) is 0 Å². The van der Waals surface area contributed by atoms with Gasteiger partial charge in [-0.2, -0.15) is 0 Å². The molecule has 0 radical (unpaired) electrons. The van der Waals surface area contributed by atoms with Crippen molar-refractivity contribution in [2.24, 2.45) is 5.92 Å². The maximum absolute atomic E-state index is 12.0. The Hall–Kier alpha value is -0.620. The van der Waals surface area contributed by atoms with Crippen molar-refractivity contribution in [1.29, 1.82) is 0 Å². The lowest BCUT2D eigenvalue weighted by atomic mass is 10.2. The molecule has 0 bridgehead atoms. The monoisotopic (exact) mass is 276 g/mol. The number of sulfone groups is 1. The van der Waals surface area contributed by atoms with Crippen LogP contribution >= 0.6 is 0 Å². The second kappa shape index (κ2) is 6.52. The fourth-order valence-corrected chi connectivity index (χ4v) is 3.86. The summed E-state index contributed by atoms with van der Waals surface area (Å²) in [5.41, 5.74) is 0. The predicted octanol–water partition coefficient (Wildman–Crippen LogP) is 0.268. The van der Waals surface area contributed by atoms with Gasteiger partial charge >= 0.3 is 0 Å². The third kappa shape index (κ3) is 4.94. The van der Waals surface area contributed by atoms with Gasteiger partial charge in [-0.3, -0.25) is 4.79 Å². The molecule has 1 fully saturated rings. The average molecular weight is 276 g/mol. The van der Waals surface area contributed by atoms with Gasteiger partial charge in [-0.05, 0) is 12.8 Å². The lowest BCUT2D eigenvalue weighted by molar-refractivity contribution is -0.133. The quantitative estimate of drug-likeness (QED) is 0.782. The second-order valence-corrected chi connectivity index (χ2v) is 7.63. The average Bonchev–Trinajstić information content (AvgIpc) is 2.25. The van der Waals surface area contributed by atoms with Crippen molar-refractivity contribution in [3.63, 3.8) is 0 Å². The Morgan fingerprint density at radius 3 is 2.67 bits per heavy atom. The Morgan fingerprint density at radius 1 is 1.44 bits per heavy atom. The summed E-state index contributed by atoms with van der Waals surface area (Å²) in [6, 6.07) is 0.152. The van der Waals surface area contributed by atoms with Crippen LogP contribution < -0.4 is 5.32 Å². The summed E-state index contributed by atoms with van der Waals surface area (Å²) in [6.45, 7) is 7.96. The van der Waals surface area contributed by atoms with E-state index in [4.69, 9.17) is 0 Å². The largest absolute Gasteiger partial charge is 0.337 e. The molecule has 1 aliphatic rings. The van der Waals surface area contributed by atoms with E-state index in [1.165, 1.54) is 0 Å². The Bertz CT molecular complexity index is 379. The van der Waals surface area contributed by atoms with Gasteiger partial charge in [0.05, 0.1) is 11.5 Å². The number of amides is 1. The van der Waals surface area contributed by atoms with E-state index in [-0.39, 0.29) is 35.8 Å². The molecule has 18 heavy (non-hydrogen) atoms. The first kappa shape index (κ1) is 15.4. The highest BCUT2D eigenvalue weighted by Crippen LogP contribution is 2.08. The standard InChI is InChI=1S/C12H24N2O3S/c1-10(2)9-18(16,17)7-4-12(15)14-6-5-13-8-11(14)3/h10-11,13H,4-9H2,1-3H3/t11-/m0/s1. The lowest BCUT2D eigenvalue weighted by Crippen LogP contribution is -2.52. The summed E-state index contributed by atoms with van der Waals surface area (Å²) in [5, 5.41) is 3.21. The van der Waals surface area contributed by atoms with E-state index in [0.29, 0.717) is 6.54 Å². The third-order valence-corrected chi connectivity index (χ3v) is 5.04. The van der Waals surface area contributed by atoms with E-state index in [1.807, 2.05) is 20.8 Å². The minimum Gasteiger partial charge on any atom is -0.337 e. The minimum atomic E-state index is -3.10. The maximum Gasteiger partial charge on any atom is 0.223 e. The van der Waals surface area contributed by atoms with E-state index in [0.717, 1.165) is 13.1 Å². The van der Waals surface area contributed by atoms with Gasteiger partial charge in [0.1, 0.15) is 0 Å². The highest BCUT2D eigenvalue weighted by atomic mass is 32.2. The van der Waals surface area contributed by atoms with Crippen LogP contribution in [0.25, 0.3) is 0 Å². The molecule has 1 atom stereocenters. The van der Waals surface area contributed by atoms with Gasteiger partial charge < -0.3 is 10.2 Å². The molecule has 0 spiro atoms. The molecule has 1 heterocycles. The molecule has 0 aromatic rings. The molecule has 1 aliphatic heterocycles. The molecule has 0 saturated carbocycles. The van der Waals surface area contributed by atoms with Crippen LogP contribution in [-0.2, 0) is 14.6 Å². The lowest BCUT2D eigenvalue weighted by Gasteiger charge is -2.34. The van der Waals surface area contributed by atoms with Crippen molar-refractivity contribution in [2.75, 3.05) is 31.1 Å². The maximum atomic E-state index is 12.0. The molecule has 5 nitrogen and oxygen atoms in total. The molecule has 6 heteroatoms. The Balaban J connectivity index is 2.45. The van der Waals surface area contributed by atoms with Crippen LogP contribution in [-0.4, -0.2) is 56.4 Å².